The van der Waals surface area contributed by atoms with E-state index in [1.807, 2.05) is 42.5 Å². The van der Waals surface area contributed by atoms with Gasteiger partial charge in [0.2, 0.25) is 12.6 Å². The van der Waals surface area contributed by atoms with Gasteiger partial charge in [-0.3, -0.25) is 4.98 Å². The number of H-pyrrole nitrogens is 1. The van der Waals surface area contributed by atoms with E-state index in [9.17, 15) is 0 Å². The highest BCUT2D eigenvalue weighted by Crippen LogP contribution is 2.33. The van der Waals surface area contributed by atoms with E-state index in [1.54, 1.807) is 11.3 Å². The summed E-state index contributed by atoms with van der Waals surface area (Å²) in [4.78, 5) is 14.3. The number of hydrogen-bond donors (Lipinski definition) is 1. The molecule has 0 saturated heterocycles. The first-order valence-corrected chi connectivity index (χ1v) is 9.84. The van der Waals surface area contributed by atoms with Crippen LogP contribution in [0.2, 0.25) is 0 Å². The van der Waals surface area contributed by atoms with Gasteiger partial charge >= 0.3 is 5.65 Å². The lowest BCUT2D eigenvalue weighted by Crippen LogP contribution is -2.36. The number of thiophene rings is 1. The fourth-order valence-corrected chi connectivity index (χ4v) is 4.27. The van der Waals surface area contributed by atoms with Crippen LogP contribution in [0.5, 0.6) is 11.5 Å². The van der Waals surface area contributed by atoms with Crippen LogP contribution in [0, 0.1) is 0 Å². The highest BCUT2D eigenvalue weighted by molar-refractivity contribution is 7.13. The lowest BCUT2D eigenvalue weighted by Gasteiger charge is -2.04. The molecule has 0 spiro atoms. The number of rotatable bonds is 3. The third-order valence-corrected chi connectivity index (χ3v) is 5.72. The van der Waals surface area contributed by atoms with Crippen molar-refractivity contribution in [1.29, 1.82) is 0 Å². The zero-order valence-corrected chi connectivity index (χ0v) is 15.6. The van der Waals surface area contributed by atoms with Gasteiger partial charge in [-0.1, -0.05) is 29.2 Å². The number of benzene rings is 2. The Labute approximate surface area is 164 Å². The number of imidazole rings is 1. The van der Waals surface area contributed by atoms with Crippen molar-refractivity contribution >= 4 is 33.7 Å². The van der Waals surface area contributed by atoms with Gasteiger partial charge in [0.15, 0.2) is 17.0 Å². The second-order valence-electron chi connectivity index (χ2n) is 6.61. The molecule has 0 amide bonds. The summed E-state index contributed by atoms with van der Waals surface area (Å²) >= 11 is 1.69. The molecule has 4 heterocycles. The smallest absolute Gasteiger partial charge is 0.323 e. The molecule has 136 valence electrons. The number of para-hydroxylation sites is 2. The van der Waals surface area contributed by atoms with Crippen LogP contribution in [-0.4, -0.2) is 21.7 Å². The third kappa shape index (κ3) is 2.44. The molecule has 1 aliphatic heterocycles. The minimum atomic E-state index is 0.275. The number of aromatic nitrogens is 4. The number of ether oxygens (including phenoxy) is 2. The average Bonchev–Trinajstić information content (AvgIpc) is 3.46. The van der Waals surface area contributed by atoms with Crippen LogP contribution in [0.25, 0.3) is 33.0 Å². The van der Waals surface area contributed by atoms with Crippen molar-refractivity contribution in [3.63, 3.8) is 0 Å². The van der Waals surface area contributed by atoms with Crippen LogP contribution >= 0.6 is 11.3 Å². The molecule has 0 aliphatic carbocycles. The highest BCUT2D eigenvalue weighted by Gasteiger charge is 2.24. The molecule has 6 nitrogen and oxygen atoms in total. The number of fused-ring (bicyclic) bond motifs is 3. The van der Waals surface area contributed by atoms with Crippen LogP contribution in [0.4, 0.5) is 0 Å². The molecule has 0 radical (unpaired) electrons. The van der Waals surface area contributed by atoms with Crippen LogP contribution < -0.4 is 14.0 Å². The average molecular weight is 387 g/mol. The van der Waals surface area contributed by atoms with Gasteiger partial charge in [-0.2, -0.15) is 0 Å². The summed E-state index contributed by atoms with van der Waals surface area (Å²) in [5.74, 6) is 2.57. The van der Waals surface area contributed by atoms with Crippen molar-refractivity contribution < 1.29 is 14.0 Å². The number of hydrogen-bond acceptors (Lipinski definition) is 5. The second-order valence-corrected chi connectivity index (χ2v) is 7.56. The molecule has 0 atom stereocenters. The zero-order valence-electron chi connectivity index (χ0n) is 14.8. The Morgan fingerprint density at radius 3 is 2.68 bits per heavy atom. The molecule has 6 rings (SSSR count). The largest absolute Gasteiger partial charge is 0.454 e. The maximum absolute atomic E-state index is 5.54. The van der Waals surface area contributed by atoms with E-state index >= 15 is 0 Å². The van der Waals surface area contributed by atoms with Gasteiger partial charge in [-0.15, -0.1) is 11.3 Å². The minimum absolute atomic E-state index is 0.275. The van der Waals surface area contributed by atoms with E-state index in [0.29, 0.717) is 6.54 Å². The standard InChI is InChI=1S/C21H14N4O2S/c1-2-5-15-14(4-1)22-19-21(23-15)25(20(24-19)18-6-3-9-28-18)11-13-7-8-16-17(10-13)27-12-26-16/h1-10H,11-12H2/p+1. The van der Waals surface area contributed by atoms with E-state index < -0.39 is 0 Å². The fourth-order valence-electron chi connectivity index (χ4n) is 3.53. The maximum atomic E-state index is 5.54. The third-order valence-electron chi connectivity index (χ3n) is 4.85. The maximum Gasteiger partial charge on any atom is 0.323 e. The summed E-state index contributed by atoms with van der Waals surface area (Å²) < 4.78 is 13.2. The van der Waals surface area contributed by atoms with E-state index in [1.165, 1.54) is 0 Å². The minimum Gasteiger partial charge on any atom is -0.454 e. The van der Waals surface area contributed by atoms with Crippen molar-refractivity contribution in [2.24, 2.45) is 0 Å². The predicted molar refractivity (Wildman–Crippen MR) is 107 cm³/mol. The second kappa shape index (κ2) is 6.03. The molecular weight excluding hydrogens is 372 g/mol. The molecule has 7 heteroatoms. The monoisotopic (exact) mass is 387 g/mol. The lowest BCUT2D eigenvalue weighted by molar-refractivity contribution is -0.652. The molecule has 3 aromatic heterocycles. The van der Waals surface area contributed by atoms with Crippen molar-refractivity contribution in [1.82, 2.24) is 15.0 Å². The van der Waals surface area contributed by atoms with Crippen molar-refractivity contribution in [2.45, 2.75) is 6.54 Å². The first-order chi connectivity index (χ1) is 13.8. The number of aromatic amines is 1. The molecule has 0 saturated carbocycles. The Kier molecular flexibility index (Phi) is 3.36. The molecule has 2 aromatic carbocycles. The van der Waals surface area contributed by atoms with E-state index in [2.05, 4.69) is 27.1 Å². The topological polar surface area (TPSA) is 63.9 Å². The van der Waals surface area contributed by atoms with Gasteiger partial charge in [0.05, 0.1) is 11.4 Å². The van der Waals surface area contributed by atoms with Crippen molar-refractivity contribution in [2.75, 3.05) is 6.79 Å². The van der Waals surface area contributed by atoms with E-state index in [4.69, 9.17) is 19.4 Å². The lowest BCUT2D eigenvalue weighted by atomic mass is 10.2. The Hall–Kier alpha value is -3.45. The van der Waals surface area contributed by atoms with Gasteiger partial charge in [-0.25, -0.2) is 9.55 Å². The van der Waals surface area contributed by atoms with Crippen LogP contribution in [0.3, 0.4) is 0 Å². The van der Waals surface area contributed by atoms with Crippen LogP contribution in [0.15, 0.2) is 60.0 Å². The molecule has 1 N–H and O–H groups in total. The predicted octanol–water partition coefficient (Wildman–Crippen LogP) is 3.90. The highest BCUT2D eigenvalue weighted by atomic mass is 32.1. The van der Waals surface area contributed by atoms with Crippen molar-refractivity contribution in [3.8, 4) is 22.2 Å². The summed E-state index contributed by atoms with van der Waals surface area (Å²) in [6.45, 7) is 0.924. The summed E-state index contributed by atoms with van der Waals surface area (Å²) in [5, 5.41) is 2.07. The van der Waals surface area contributed by atoms with Gasteiger partial charge in [0, 0.05) is 0 Å². The first-order valence-electron chi connectivity index (χ1n) is 8.96. The van der Waals surface area contributed by atoms with Gasteiger partial charge in [-0.05, 0) is 41.3 Å². The molecule has 1 aliphatic rings. The summed E-state index contributed by atoms with van der Waals surface area (Å²) in [5.41, 5.74) is 4.49. The van der Waals surface area contributed by atoms with E-state index in [-0.39, 0.29) is 6.79 Å². The molecule has 28 heavy (non-hydrogen) atoms. The Balaban J connectivity index is 1.56. The summed E-state index contributed by atoms with van der Waals surface area (Å²) in [6, 6.07) is 18.1. The Morgan fingerprint density at radius 1 is 0.964 bits per heavy atom. The van der Waals surface area contributed by atoms with Gasteiger partial charge in [0.1, 0.15) is 5.52 Å². The molecule has 0 bridgehead atoms. The summed E-state index contributed by atoms with van der Waals surface area (Å²) in [7, 11) is 0. The summed E-state index contributed by atoms with van der Waals surface area (Å²) in [6.07, 6.45) is 0. The van der Waals surface area contributed by atoms with Crippen molar-refractivity contribution in [3.05, 3.63) is 65.5 Å². The van der Waals surface area contributed by atoms with Crippen LogP contribution in [0.1, 0.15) is 5.56 Å². The molecule has 0 unspecified atom stereocenters. The SMILES string of the molecule is c1csc(-c2[nH]c3nc4ccccc4nc3[n+]2Cc2ccc3c(c2)OCO3)c1. The Morgan fingerprint density at radius 2 is 1.82 bits per heavy atom. The molecule has 0 fully saturated rings. The van der Waals surface area contributed by atoms with Gasteiger partial charge < -0.3 is 9.47 Å². The van der Waals surface area contributed by atoms with Crippen LogP contribution in [-0.2, 0) is 6.54 Å². The Bertz CT molecular complexity index is 1330. The normalized spacial score (nSPS) is 12.9. The number of nitrogens with zero attached hydrogens (tertiary/aromatic N) is 3. The number of nitrogens with one attached hydrogen (secondary N) is 1. The zero-order chi connectivity index (χ0) is 18.5. The van der Waals surface area contributed by atoms with E-state index in [0.717, 1.165) is 50.1 Å². The molecular formula is C21H15N4O2S+. The van der Waals surface area contributed by atoms with Gasteiger partial charge in [0.25, 0.3) is 5.65 Å². The fraction of sp³-hybridized carbons (Fsp3) is 0.0952. The quantitative estimate of drug-likeness (QED) is 0.477. The first kappa shape index (κ1) is 15.6. The molecule has 5 aromatic rings.